The Labute approximate surface area is 196 Å². The van der Waals surface area contributed by atoms with Gasteiger partial charge < -0.3 is 4.74 Å². The molecule has 0 radical (unpaired) electrons. The molecule has 32 heavy (non-hydrogen) atoms. The van der Waals surface area contributed by atoms with E-state index in [1.165, 1.54) is 83.5 Å². The summed E-state index contributed by atoms with van der Waals surface area (Å²) in [6.45, 7) is 5.37. The highest BCUT2D eigenvalue weighted by molar-refractivity contribution is 5.58. The quantitative estimate of drug-likeness (QED) is 0.279. The van der Waals surface area contributed by atoms with Gasteiger partial charge in [-0.1, -0.05) is 78.1 Å². The van der Waals surface area contributed by atoms with Crippen molar-refractivity contribution in [1.29, 1.82) is 0 Å². The van der Waals surface area contributed by atoms with Crippen LogP contribution in [0, 0.1) is 11.8 Å². The summed E-state index contributed by atoms with van der Waals surface area (Å²) in [5.41, 5.74) is 3.13. The van der Waals surface area contributed by atoms with Gasteiger partial charge in [0.05, 0.1) is 24.2 Å². The SMILES string of the molecule is CCCCCCC[C@H]1CC[C@H](COc2ccc(-c3cnc(CCCCC)cn3)cc2)CC1. The highest BCUT2D eigenvalue weighted by Crippen LogP contribution is 2.32. The van der Waals surface area contributed by atoms with Crippen molar-refractivity contribution in [2.24, 2.45) is 11.8 Å². The molecule has 1 aromatic heterocycles. The smallest absolute Gasteiger partial charge is 0.119 e. The van der Waals surface area contributed by atoms with E-state index < -0.39 is 0 Å². The third-order valence-corrected chi connectivity index (χ3v) is 7.06. The lowest BCUT2D eigenvalue weighted by molar-refractivity contribution is 0.177. The van der Waals surface area contributed by atoms with Crippen molar-refractivity contribution in [3.63, 3.8) is 0 Å². The summed E-state index contributed by atoms with van der Waals surface area (Å²) in [7, 11) is 0. The molecule has 2 aromatic rings. The molecule has 0 amide bonds. The van der Waals surface area contributed by atoms with Gasteiger partial charge in [0, 0.05) is 11.8 Å². The minimum absolute atomic E-state index is 0.720. The molecular formula is C29H44N2O. The first-order valence-electron chi connectivity index (χ1n) is 13.3. The van der Waals surface area contributed by atoms with Crippen molar-refractivity contribution < 1.29 is 4.74 Å². The van der Waals surface area contributed by atoms with Crippen molar-refractivity contribution in [1.82, 2.24) is 9.97 Å². The van der Waals surface area contributed by atoms with Crippen LogP contribution < -0.4 is 4.74 Å². The van der Waals surface area contributed by atoms with Crippen LogP contribution in [0.4, 0.5) is 0 Å². The molecule has 0 aliphatic heterocycles. The van der Waals surface area contributed by atoms with Gasteiger partial charge in [0.25, 0.3) is 0 Å². The van der Waals surface area contributed by atoms with Gasteiger partial charge in [0.2, 0.25) is 0 Å². The van der Waals surface area contributed by atoms with Crippen LogP contribution in [0.5, 0.6) is 5.75 Å². The fraction of sp³-hybridized carbons (Fsp3) is 0.655. The summed E-state index contributed by atoms with van der Waals surface area (Å²) in [4.78, 5) is 9.21. The summed E-state index contributed by atoms with van der Waals surface area (Å²) in [6.07, 6.45) is 22.5. The van der Waals surface area contributed by atoms with E-state index in [2.05, 4.69) is 48.1 Å². The number of ether oxygens (including phenoxy) is 1. The summed E-state index contributed by atoms with van der Waals surface area (Å²) in [6, 6.07) is 8.36. The number of hydrogen-bond donors (Lipinski definition) is 0. The number of aryl methyl sites for hydroxylation is 1. The lowest BCUT2D eigenvalue weighted by Crippen LogP contribution is -2.20. The highest BCUT2D eigenvalue weighted by atomic mass is 16.5. The van der Waals surface area contributed by atoms with E-state index in [1.807, 2.05) is 12.4 Å². The zero-order valence-corrected chi connectivity index (χ0v) is 20.5. The van der Waals surface area contributed by atoms with Crippen LogP contribution in [0.3, 0.4) is 0 Å². The molecular weight excluding hydrogens is 392 g/mol. The molecule has 1 saturated carbocycles. The number of hydrogen-bond acceptors (Lipinski definition) is 3. The second-order valence-electron chi connectivity index (χ2n) is 9.78. The molecule has 3 heteroatoms. The average Bonchev–Trinajstić information content (AvgIpc) is 2.84. The average molecular weight is 437 g/mol. The first kappa shape index (κ1) is 24.7. The van der Waals surface area contributed by atoms with E-state index in [9.17, 15) is 0 Å². The van der Waals surface area contributed by atoms with Gasteiger partial charge >= 0.3 is 0 Å². The highest BCUT2D eigenvalue weighted by Gasteiger charge is 2.21. The van der Waals surface area contributed by atoms with E-state index in [4.69, 9.17) is 4.74 Å². The lowest BCUT2D eigenvalue weighted by Gasteiger charge is -2.28. The second kappa shape index (κ2) is 14.3. The zero-order valence-electron chi connectivity index (χ0n) is 20.5. The first-order valence-corrected chi connectivity index (χ1v) is 13.3. The Bertz CT molecular complexity index is 733. The van der Waals surface area contributed by atoms with Crippen molar-refractivity contribution in [2.45, 2.75) is 104 Å². The van der Waals surface area contributed by atoms with Crippen LogP contribution in [0.15, 0.2) is 36.7 Å². The predicted octanol–water partition coefficient (Wildman–Crippen LogP) is 8.42. The van der Waals surface area contributed by atoms with Gasteiger partial charge in [-0.2, -0.15) is 0 Å². The standard InChI is InChI=1S/C29H44N2O/c1-3-5-7-8-10-11-24-13-15-25(16-14-24)23-32-28-19-17-26(18-20-28)29-22-30-27(21-31-29)12-9-6-4-2/h17-22,24-25H,3-16,23H2,1-2H3/t24-,25-. The minimum atomic E-state index is 0.720. The molecule has 1 aliphatic rings. The Hall–Kier alpha value is -1.90. The zero-order chi connectivity index (χ0) is 22.4. The van der Waals surface area contributed by atoms with Gasteiger partial charge in [-0.25, -0.2) is 0 Å². The lowest BCUT2D eigenvalue weighted by atomic mass is 9.80. The molecule has 3 rings (SSSR count). The van der Waals surface area contributed by atoms with Gasteiger partial charge in [0.1, 0.15) is 5.75 Å². The van der Waals surface area contributed by atoms with Gasteiger partial charge in [-0.05, 0) is 61.8 Å². The van der Waals surface area contributed by atoms with E-state index in [1.54, 1.807) is 0 Å². The Kier molecular flexibility index (Phi) is 11.0. The number of benzene rings is 1. The molecule has 0 spiro atoms. The Morgan fingerprint density at radius 1 is 0.750 bits per heavy atom. The van der Waals surface area contributed by atoms with Crippen LogP contribution in [0.2, 0.25) is 0 Å². The summed E-state index contributed by atoms with van der Waals surface area (Å²) >= 11 is 0. The molecule has 1 fully saturated rings. The summed E-state index contributed by atoms with van der Waals surface area (Å²) in [5.74, 6) is 2.65. The molecule has 1 heterocycles. The molecule has 0 saturated heterocycles. The molecule has 176 valence electrons. The third kappa shape index (κ3) is 8.56. The second-order valence-corrected chi connectivity index (χ2v) is 9.78. The molecule has 3 nitrogen and oxygen atoms in total. The Balaban J connectivity index is 1.35. The van der Waals surface area contributed by atoms with Gasteiger partial charge in [-0.15, -0.1) is 0 Å². The first-order chi connectivity index (χ1) is 15.8. The predicted molar refractivity (Wildman–Crippen MR) is 135 cm³/mol. The Morgan fingerprint density at radius 3 is 2.12 bits per heavy atom. The molecule has 0 N–H and O–H groups in total. The molecule has 0 atom stereocenters. The Morgan fingerprint density at radius 2 is 1.44 bits per heavy atom. The fourth-order valence-electron chi connectivity index (χ4n) is 4.85. The van der Waals surface area contributed by atoms with Gasteiger partial charge in [-0.3, -0.25) is 9.97 Å². The van der Waals surface area contributed by atoms with Crippen LogP contribution in [-0.4, -0.2) is 16.6 Å². The van der Waals surface area contributed by atoms with E-state index in [-0.39, 0.29) is 0 Å². The normalized spacial score (nSPS) is 18.6. The van der Waals surface area contributed by atoms with E-state index >= 15 is 0 Å². The van der Waals surface area contributed by atoms with Crippen LogP contribution in [-0.2, 0) is 6.42 Å². The van der Waals surface area contributed by atoms with Crippen molar-refractivity contribution >= 4 is 0 Å². The van der Waals surface area contributed by atoms with Crippen LogP contribution >= 0.6 is 0 Å². The van der Waals surface area contributed by atoms with Crippen molar-refractivity contribution in [3.05, 3.63) is 42.4 Å². The van der Waals surface area contributed by atoms with Gasteiger partial charge in [0.15, 0.2) is 0 Å². The van der Waals surface area contributed by atoms with E-state index in [0.717, 1.165) is 47.6 Å². The van der Waals surface area contributed by atoms with Crippen LogP contribution in [0.25, 0.3) is 11.3 Å². The number of rotatable bonds is 14. The largest absolute Gasteiger partial charge is 0.493 e. The fourth-order valence-corrected chi connectivity index (χ4v) is 4.85. The maximum absolute atomic E-state index is 6.14. The maximum Gasteiger partial charge on any atom is 0.119 e. The molecule has 0 bridgehead atoms. The maximum atomic E-state index is 6.14. The summed E-state index contributed by atoms with van der Waals surface area (Å²) in [5, 5.41) is 0. The molecule has 1 aromatic carbocycles. The topological polar surface area (TPSA) is 35.0 Å². The number of nitrogens with zero attached hydrogens (tertiary/aromatic N) is 2. The monoisotopic (exact) mass is 436 g/mol. The van der Waals surface area contributed by atoms with Crippen LogP contribution in [0.1, 0.15) is 103 Å². The molecule has 0 unspecified atom stereocenters. The minimum Gasteiger partial charge on any atom is -0.493 e. The molecule has 1 aliphatic carbocycles. The number of unbranched alkanes of at least 4 members (excludes halogenated alkanes) is 6. The summed E-state index contributed by atoms with van der Waals surface area (Å²) < 4.78 is 6.14. The third-order valence-electron chi connectivity index (χ3n) is 7.06. The van der Waals surface area contributed by atoms with Crippen molar-refractivity contribution in [2.75, 3.05) is 6.61 Å². The number of aromatic nitrogens is 2. The van der Waals surface area contributed by atoms with Crippen molar-refractivity contribution in [3.8, 4) is 17.0 Å². The van der Waals surface area contributed by atoms with E-state index in [0.29, 0.717) is 0 Å².